The summed E-state index contributed by atoms with van der Waals surface area (Å²) < 4.78 is 8.58. The number of hydrogen-bond acceptors (Lipinski definition) is 2. The lowest BCUT2D eigenvalue weighted by molar-refractivity contribution is 0.669. The zero-order valence-corrected chi connectivity index (χ0v) is 26.6. The summed E-state index contributed by atoms with van der Waals surface area (Å²) in [5, 5.41) is 7.13. The predicted molar refractivity (Wildman–Crippen MR) is 206 cm³/mol. The Kier molecular flexibility index (Phi) is 6.18. The van der Waals surface area contributed by atoms with Gasteiger partial charge in [-0.3, -0.25) is 0 Å². The summed E-state index contributed by atoms with van der Waals surface area (Å²) >= 11 is 0. The summed E-state index contributed by atoms with van der Waals surface area (Å²) in [7, 11) is 0. The molecule has 0 saturated carbocycles. The molecular weight excluding hydrogens is 597 g/mol. The Labute approximate surface area is 283 Å². The number of rotatable bonds is 5. The first kappa shape index (κ1) is 27.5. The molecule has 10 aromatic rings. The van der Waals surface area contributed by atoms with Crippen LogP contribution in [-0.4, -0.2) is 4.57 Å². The van der Waals surface area contributed by atoms with Gasteiger partial charge >= 0.3 is 0 Å². The summed E-state index contributed by atoms with van der Waals surface area (Å²) in [6, 6.07) is 65.0. The Morgan fingerprint density at radius 2 is 1.08 bits per heavy atom. The van der Waals surface area contributed by atoms with Crippen molar-refractivity contribution >= 4 is 71.6 Å². The molecule has 10 rings (SSSR count). The molecule has 8 aromatic carbocycles. The lowest BCUT2D eigenvalue weighted by Crippen LogP contribution is -2.10. The first-order valence-corrected chi connectivity index (χ1v) is 16.7. The molecule has 0 spiro atoms. The molecule has 0 aliphatic rings. The van der Waals surface area contributed by atoms with E-state index in [9.17, 15) is 0 Å². The van der Waals surface area contributed by atoms with Crippen LogP contribution in [0.5, 0.6) is 0 Å². The van der Waals surface area contributed by atoms with Crippen LogP contribution in [0, 0.1) is 0 Å². The van der Waals surface area contributed by atoms with Crippen LogP contribution < -0.4 is 4.90 Å². The molecule has 0 N–H and O–H groups in total. The lowest BCUT2D eigenvalue weighted by atomic mass is 9.99. The molecule has 3 heteroatoms. The molecule has 3 nitrogen and oxygen atoms in total. The predicted octanol–water partition coefficient (Wildman–Crippen LogP) is 13.0. The van der Waals surface area contributed by atoms with Crippen LogP contribution in [-0.2, 0) is 0 Å². The molecule has 0 atom stereocenters. The second kappa shape index (κ2) is 11.0. The van der Waals surface area contributed by atoms with Crippen molar-refractivity contribution in [3.05, 3.63) is 182 Å². The van der Waals surface area contributed by atoms with Crippen molar-refractivity contribution in [3.8, 4) is 16.8 Å². The van der Waals surface area contributed by atoms with Crippen molar-refractivity contribution in [2.45, 2.75) is 0 Å². The normalized spacial score (nSPS) is 11.7. The standard InChI is InChI=1S/C46H30N2O/c1-3-12-35(13-4-1)47(42-19-11-20-43-46(42)39-17-7-9-18-41(39)48(43)36-14-5-2-6-15-36)37-26-24-31(25-27-37)32-22-23-33-29-40-38-16-8-10-21-44(38)49-45(40)30-34(33)28-32/h1-30H. The van der Waals surface area contributed by atoms with Crippen molar-refractivity contribution in [2.24, 2.45) is 0 Å². The fourth-order valence-corrected chi connectivity index (χ4v) is 7.50. The minimum atomic E-state index is 0.919. The van der Waals surface area contributed by atoms with Crippen LogP contribution in [0.15, 0.2) is 186 Å². The van der Waals surface area contributed by atoms with Crippen LogP contribution in [0.4, 0.5) is 17.1 Å². The van der Waals surface area contributed by atoms with Crippen LogP contribution in [0.1, 0.15) is 0 Å². The molecule has 49 heavy (non-hydrogen) atoms. The summed E-state index contributed by atoms with van der Waals surface area (Å²) in [5.41, 5.74) is 11.1. The zero-order chi connectivity index (χ0) is 32.3. The Balaban J connectivity index is 1.11. The maximum Gasteiger partial charge on any atom is 0.136 e. The van der Waals surface area contributed by atoms with Gasteiger partial charge in [0, 0.05) is 38.6 Å². The highest BCUT2D eigenvalue weighted by Gasteiger charge is 2.21. The van der Waals surface area contributed by atoms with Crippen molar-refractivity contribution < 1.29 is 4.42 Å². The number of furan rings is 1. The molecule has 230 valence electrons. The summed E-state index contributed by atoms with van der Waals surface area (Å²) in [4.78, 5) is 2.38. The molecule has 0 amide bonds. The molecule has 0 saturated heterocycles. The monoisotopic (exact) mass is 626 g/mol. The minimum absolute atomic E-state index is 0.919. The SMILES string of the molecule is c1ccc(N(c2ccc(-c3ccc4cc5c(cc4c3)oc3ccccc35)cc2)c2cccc3c2c2ccccc2n3-c2ccccc2)cc1. The second-order valence-corrected chi connectivity index (χ2v) is 12.6. The van der Waals surface area contributed by atoms with Crippen molar-refractivity contribution in [3.63, 3.8) is 0 Å². The maximum absolute atomic E-state index is 6.21. The van der Waals surface area contributed by atoms with Gasteiger partial charge in [0.15, 0.2) is 0 Å². The summed E-state index contributed by atoms with van der Waals surface area (Å²) in [5.74, 6) is 0. The maximum atomic E-state index is 6.21. The Bertz CT molecular complexity index is 2810. The largest absolute Gasteiger partial charge is 0.456 e. The number of hydrogen-bond donors (Lipinski definition) is 0. The third-order valence-corrected chi connectivity index (χ3v) is 9.74. The van der Waals surface area contributed by atoms with Gasteiger partial charge in [-0.05, 0) is 101 Å². The van der Waals surface area contributed by atoms with Crippen LogP contribution >= 0.6 is 0 Å². The van der Waals surface area contributed by atoms with Gasteiger partial charge in [-0.1, -0.05) is 103 Å². The lowest BCUT2D eigenvalue weighted by Gasteiger charge is -2.26. The summed E-state index contributed by atoms with van der Waals surface area (Å²) in [6.45, 7) is 0. The molecule has 0 bridgehead atoms. The number of nitrogens with zero attached hydrogens (tertiary/aromatic N) is 2. The smallest absolute Gasteiger partial charge is 0.136 e. The van der Waals surface area contributed by atoms with Gasteiger partial charge in [0.05, 0.1) is 16.7 Å². The topological polar surface area (TPSA) is 21.3 Å². The van der Waals surface area contributed by atoms with E-state index < -0.39 is 0 Å². The van der Waals surface area contributed by atoms with Crippen molar-refractivity contribution in [1.29, 1.82) is 0 Å². The molecule has 2 heterocycles. The molecule has 0 radical (unpaired) electrons. The number of para-hydroxylation sites is 4. The Morgan fingerprint density at radius 1 is 0.408 bits per heavy atom. The van der Waals surface area contributed by atoms with Gasteiger partial charge in [0.25, 0.3) is 0 Å². The van der Waals surface area contributed by atoms with Gasteiger partial charge < -0.3 is 13.9 Å². The molecule has 0 aliphatic carbocycles. The first-order valence-electron chi connectivity index (χ1n) is 16.7. The second-order valence-electron chi connectivity index (χ2n) is 12.6. The van der Waals surface area contributed by atoms with Crippen LogP contribution in [0.25, 0.3) is 71.3 Å². The van der Waals surface area contributed by atoms with E-state index in [4.69, 9.17) is 4.42 Å². The van der Waals surface area contributed by atoms with Crippen molar-refractivity contribution in [2.75, 3.05) is 4.90 Å². The van der Waals surface area contributed by atoms with E-state index in [1.54, 1.807) is 0 Å². The van der Waals surface area contributed by atoms with Gasteiger partial charge in [0.2, 0.25) is 0 Å². The third-order valence-electron chi connectivity index (χ3n) is 9.74. The van der Waals surface area contributed by atoms with E-state index >= 15 is 0 Å². The van der Waals surface area contributed by atoms with E-state index in [0.29, 0.717) is 0 Å². The molecule has 0 fully saturated rings. The number of aromatic nitrogens is 1. The van der Waals surface area contributed by atoms with E-state index in [1.165, 1.54) is 43.7 Å². The van der Waals surface area contributed by atoms with Gasteiger partial charge in [0.1, 0.15) is 11.2 Å². The average molecular weight is 627 g/mol. The molecule has 0 aliphatic heterocycles. The summed E-state index contributed by atoms with van der Waals surface area (Å²) in [6.07, 6.45) is 0. The Hall–Kier alpha value is -6.58. The molecule has 2 aromatic heterocycles. The average Bonchev–Trinajstić information content (AvgIpc) is 3.70. The van der Waals surface area contributed by atoms with E-state index in [-0.39, 0.29) is 0 Å². The van der Waals surface area contributed by atoms with Gasteiger partial charge in [-0.25, -0.2) is 0 Å². The quantitative estimate of drug-likeness (QED) is 0.190. The fourth-order valence-electron chi connectivity index (χ4n) is 7.50. The highest BCUT2D eigenvalue weighted by Crippen LogP contribution is 2.44. The van der Waals surface area contributed by atoms with E-state index in [2.05, 4.69) is 179 Å². The van der Waals surface area contributed by atoms with Crippen LogP contribution in [0.2, 0.25) is 0 Å². The number of benzene rings is 8. The molecule has 0 unspecified atom stereocenters. The van der Waals surface area contributed by atoms with Gasteiger partial charge in [-0.15, -0.1) is 0 Å². The fraction of sp³-hybridized carbons (Fsp3) is 0. The van der Waals surface area contributed by atoms with E-state index in [0.717, 1.165) is 44.7 Å². The third kappa shape index (κ3) is 4.44. The highest BCUT2D eigenvalue weighted by atomic mass is 16.3. The van der Waals surface area contributed by atoms with Crippen molar-refractivity contribution in [1.82, 2.24) is 4.57 Å². The number of anilines is 3. The Morgan fingerprint density at radius 3 is 1.92 bits per heavy atom. The minimum Gasteiger partial charge on any atom is -0.456 e. The zero-order valence-electron chi connectivity index (χ0n) is 26.6. The highest BCUT2D eigenvalue weighted by molar-refractivity contribution is 6.16. The van der Waals surface area contributed by atoms with Gasteiger partial charge in [-0.2, -0.15) is 0 Å². The number of fused-ring (bicyclic) bond motifs is 7. The first-order chi connectivity index (χ1) is 24.3. The van der Waals surface area contributed by atoms with Crippen LogP contribution in [0.3, 0.4) is 0 Å². The molecular formula is C46H30N2O. The van der Waals surface area contributed by atoms with E-state index in [1.807, 2.05) is 12.1 Å².